The van der Waals surface area contributed by atoms with Gasteiger partial charge in [0.25, 0.3) is 0 Å². The minimum absolute atomic E-state index is 0.0523. The van der Waals surface area contributed by atoms with Gasteiger partial charge in [-0.05, 0) is 111 Å². The Hall–Kier alpha value is -0.940. The van der Waals surface area contributed by atoms with E-state index in [4.69, 9.17) is 11.5 Å². The molecule has 0 heterocycles. The number of rotatable bonds is 15. The summed E-state index contributed by atoms with van der Waals surface area (Å²) in [6.45, 7) is 19.7. The Morgan fingerprint density at radius 1 is 0.806 bits per heavy atom. The minimum Gasteiger partial charge on any atom is -0.326 e. The van der Waals surface area contributed by atoms with Crippen LogP contribution in [0.2, 0.25) is 0 Å². The minimum atomic E-state index is -0.0868. The highest BCUT2D eigenvalue weighted by molar-refractivity contribution is 5.30. The summed E-state index contributed by atoms with van der Waals surface area (Å²) >= 11 is 0. The first-order valence-corrected chi connectivity index (χ1v) is 12.4. The normalized spacial score (nSPS) is 16.7. The van der Waals surface area contributed by atoms with Crippen molar-refractivity contribution in [3.05, 3.63) is 35.4 Å². The molecule has 1 rings (SSSR count). The highest BCUT2D eigenvalue weighted by Gasteiger charge is 2.25. The van der Waals surface area contributed by atoms with Crippen LogP contribution in [0.4, 0.5) is 0 Å². The molecular formula is C27H52N4. The molecule has 4 nitrogen and oxygen atoms in total. The Bertz CT molecular complexity index is 645. The van der Waals surface area contributed by atoms with E-state index in [-0.39, 0.29) is 22.2 Å². The molecule has 1 aromatic carbocycles. The highest BCUT2D eigenvalue weighted by Crippen LogP contribution is 2.24. The van der Waals surface area contributed by atoms with Gasteiger partial charge in [-0.2, -0.15) is 0 Å². The van der Waals surface area contributed by atoms with Crippen molar-refractivity contribution >= 4 is 0 Å². The lowest BCUT2D eigenvalue weighted by Crippen LogP contribution is -2.45. The molecule has 6 N–H and O–H groups in total. The number of hydrogen-bond donors (Lipinski definition) is 4. The van der Waals surface area contributed by atoms with Gasteiger partial charge in [0.15, 0.2) is 0 Å². The van der Waals surface area contributed by atoms with Crippen molar-refractivity contribution in [2.75, 3.05) is 13.1 Å². The van der Waals surface area contributed by atoms with Crippen LogP contribution in [0.3, 0.4) is 0 Å². The summed E-state index contributed by atoms with van der Waals surface area (Å²) in [6, 6.07) is 9.09. The molecule has 0 radical (unpaired) electrons. The van der Waals surface area contributed by atoms with Gasteiger partial charge in [-0.1, -0.05) is 38.1 Å². The van der Waals surface area contributed by atoms with Crippen LogP contribution >= 0.6 is 0 Å². The lowest BCUT2D eigenvalue weighted by molar-refractivity contribution is 0.327. The fourth-order valence-corrected chi connectivity index (χ4v) is 3.94. The number of benzene rings is 1. The fraction of sp³-hybridized carbons (Fsp3) is 0.778. The molecular weight excluding hydrogens is 380 g/mol. The van der Waals surface area contributed by atoms with Crippen LogP contribution in [-0.2, 0) is 12.0 Å². The number of nitrogens with one attached hydrogen (secondary N) is 2. The van der Waals surface area contributed by atoms with E-state index in [2.05, 4.69) is 90.3 Å². The maximum Gasteiger partial charge on any atom is 0.0377 e. The molecule has 0 aliphatic carbocycles. The van der Waals surface area contributed by atoms with Crippen LogP contribution in [0, 0.1) is 0 Å². The smallest absolute Gasteiger partial charge is 0.0377 e. The van der Waals surface area contributed by atoms with Crippen molar-refractivity contribution in [2.45, 2.75) is 122 Å². The van der Waals surface area contributed by atoms with E-state index in [0.717, 1.165) is 58.0 Å². The predicted octanol–water partition coefficient (Wildman–Crippen LogP) is 5.24. The molecule has 0 aromatic heterocycles. The van der Waals surface area contributed by atoms with Crippen molar-refractivity contribution in [1.82, 2.24) is 10.6 Å². The van der Waals surface area contributed by atoms with Crippen LogP contribution in [-0.4, -0.2) is 29.7 Å². The maximum atomic E-state index is 6.29. The quantitative estimate of drug-likeness (QED) is 0.286. The Morgan fingerprint density at radius 3 is 2.00 bits per heavy atom. The van der Waals surface area contributed by atoms with Gasteiger partial charge in [0, 0.05) is 22.2 Å². The third kappa shape index (κ3) is 11.0. The Kier molecular flexibility index (Phi) is 10.7. The van der Waals surface area contributed by atoms with Crippen molar-refractivity contribution in [3.63, 3.8) is 0 Å². The van der Waals surface area contributed by atoms with Gasteiger partial charge < -0.3 is 22.1 Å². The zero-order valence-corrected chi connectivity index (χ0v) is 21.8. The summed E-state index contributed by atoms with van der Waals surface area (Å²) in [5, 5.41) is 7.55. The predicted molar refractivity (Wildman–Crippen MR) is 137 cm³/mol. The van der Waals surface area contributed by atoms with Gasteiger partial charge in [-0.3, -0.25) is 0 Å². The Balaban J connectivity index is 2.69. The average molecular weight is 433 g/mol. The van der Waals surface area contributed by atoms with Crippen LogP contribution in [0.25, 0.3) is 0 Å². The van der Waals surface area contributed by atoms with Crippen molar-refractivity contribution in [2.24, 2.45) is 11.5 Å². The first-order chi connectivity index (χ1) is 14.2. The second-order valence-corrected chi connectivity index (χ2v) is 11.5. The molecule has 2 unspecified atom stereocenters. The van der Waals surface area contributed by atoms with Gasteiger partial charge >= 0.3 is 0 Å². The molecule has 0 saturated heterocycles. The molecule has 4 heteroatoms. The lowest BCUT2D eigenvalue weighted by Gasteiger charge is -2.32. The van der Waals surface area contributed by atoms with E-state index in [1.54, 1.807) is 0 Å². The largest absolute Gasteiger partial charge is 0.326 e. The summed E-state index contributed by atoms with van der Waals surface area (Å²) < 4.78 is 0. The van der Waals surface area contributed by atoms with E-state index in [0.29, 0.717) is 0 Å². The molecule has 1 aromatic rings. The first kappa shape index (κ1) is 28.1. The third-order valence-corrected chi connectivity index (χ3v) is 6.87. The molecule has 31 heavy (non-hydrogen) atoms. The van der Waals surface area contributed by atoms with E-state index in [1.165, 1.54) is 11.1 Å². The topological polar surface area (TPSA) is 76.1 Å². The summed E-state index contributed by atoms with van der Waals surface area (Å²) in [5.74, 6) is 0. The van der Waals surface area contributed by atoms with Crippen molar-refractivity contribution in [3.8, 4) is 0 Å². The highest BCUT2D eigenvalue weighted by atomic mass is 15.0. The summed E-state index contributed by atoms with van der Waals surface area (Å²) in [4.78, 5) is 0. The van der Waals surface area contributed by atoms with Crippen LogP contribution < -0.4 is 22.1 Å². The Morgan fingerprint density at radius 2 is 1.42 bits per heavy atom. The van der Waals surface area contributed by atoms with Crippen molar-refractivity contribution in [1.29, 1.82) is 0 Å². The number of nitrogens with two attached hydrogens (primary N) is 2. The van der Waals surface area contributed by atoms with Crippen LogP contribution in [0.1, 0.15) is 105 Å². The van der Waals surface area contributed by atoms with Gasteiger partial charge in [-0.15, -0.1) is 0 Å². The molecule has 0 saturated carbocycles. The molecule has 180 valence electrons. The van der Waals surface area contributed by atoms with Gasteiger partial charge in [0.1, 0.15) is 0 Å². The average Bonchev–Trinajstić information content (AvgIpc) is 2.68. The molecule has 0 aliphatic rings. The zero-order valence-electron chi connectivity index (χ0n) is 21.8. The summed E-state index contributed by atoms with van der Waals surface area (Å²) in [5.41, 5.74) is 15.1. The van der Waals surface area contributed by atoms with Gasteiger partial charge in [0.05, 0.1) is 0 Å². The van der Waals surface area contributed by atoms with E-state index >= 15 is 0 Å². The third-order valence-electron chi connectivity index (χ3n) is 6.87. The summed E-state index contributed by atoms with van der Waals surface area (Å²) in [6.07, 6.45) is 7.44. The lowest BCUT2D eigenvalue weighted by atomic mass is 9.86. The molecule has 2 atom stereocenters. The standard InChI is InChI=1S/C27H52N4/c1-9-26(7,29)17-13-18-30-25(5,6)23-15-11-14-22(20-23)21-27(8,10-2)31-19-12-16-24(3,4)28/h11,14-15,20,30-31H,9-10,12-13,16-19,21,28-29H2,1-8H3. The molecule has 0 fully saturated rings. The Labute approximate surface area is 193 Å². The molecule has 0 spiro atoms. The molecule has 0 bridgehead atoms. The SMILES string of the molecule is CCC(C)(N)CCCNC(C)(C)c1cccc(CC(C)(CC)NCCCC(C)(C)N)c1. The number of hydrogen-bond acceptors (Lipinski definition) is 4. The van der Waals surface area contributed by atoms with E-state index < -0.39 is 0 Å². The second kappa shape index (κ2) is 11.8. The van der Waals surface area contributed by atoms with Gasteiger partial charge in [-0.25, -0.2) is 0 Å². The monoisotopic (exact) mass is 432 g/mol. The fourth-order valence-electron chi connectivity index (χ4n) is 3.94. The summed E-state index contributed by atoms with van der Waals surface area (Å²) in [7, 11) is 0. The second-order valence-electron chi connectivity index (χ2n) is 11.5. The molecule has 0 amide bonds. The molecule has 0 aliphatic heterocycles. The van der Waals surface area contributed by atoms with Crippen molar-refractivity contribution < 1.29 is 0 Å². The van der Waals surface area contributed by atoms with Crippen LogP contribution in [0.15, 0.2) is 24.3 Å². The zero-order chi connectivity index (χ0) is 23.8. The van der Waals surface area contributed by atoms with E-state index in [1.807, 2.05) is 0 Å². The van der Waals surface area contributed by atoms with Gasteiger partial charge in [0.2, 0.25) is 0 Å². The maximum absolute atomic E-state index is 6.29. The van der Waals surface area contributed by atoms with Crippen LogP contribution in [0.5, 0.6) is 0 Å². The first-order valence-electron chi connectivity index (χ1n) is 12.4. The van der Waals surface area contributed by atoms with E-state index in [9.17, 15) is 0 Å².